The topological polar surface area (TPSA) is 20.2 Å². The van der Waals surface area contributed by atoms with Gasteiger partial charge in [0.25, 0.3) is 0 Å². The second kappa shape index (κ2) is 5.75. The van der Waals surface area contributed by atoms with Crippen molar-refractivity contribution >= 4 is 0 Å². The van der Waals surface area contributed by atoms with Crippen LogP contribution in [0, 0.1) is 17.8 Å². The summed E-state index contributed by atoms with van der Waals surface area (Å²) < 4.78 is 0. The predicted octanol–water partition coefficient (Wildman–Crippen LogP) is 3.86. The molecule has 1 N–H and O–H groups in total. The van der Waals surface area contributed by atoms with E-state index in [4.69, 9.17) is 0 Å². The third-order valence-corrected chi connectivity index (χ3v) is 3.73. The standard InChI is InChI=1S/C13H28O/c1-7-12(6)8-9-13(14,10(2)3)11(4)5/h10-12,14H,7-9H2,1-6H3/t12-/m0/s1. The largest absolute Gasteiger partial charge is 0.389 e. The van der Waals surface area contributed by atoms with E-state index in [1.54, 1.807) is 0 Å². The van der Waals surface area contributed by atoms with Crippen molar-refractivity contribution in [3.63, 3.8) is 0 Å². The maximum absolute atomic E-state index is 10.5. The molecular formula is C13H28O. The Balaban J connectivity index is 4.24. The molecule has 0 rings (SSSR count). The van der Waals surface area contributed by atoms with Crippen molar-refractivity contribution < 1.29 is 5.11 Å². The Morgan fingerprint density at radius 2 is 1.43 bits per heavy atom. The van der Waals surface area contributed by atoms with Gasteiger partial charge in [-0.2, -0.15) is 0 Å². The molecule has 0 radical (unpaired) electrons. The van der Waals surface area contributed by atoms with Crippen LogP contribution in [-0.4, -0.2) is 10.7 Å². The van der Waals surface area contributed by atoms with Crippen molar-refractivity contribution in [3.05, 3.63) is 0 Å². The van der Waals surface area contributed by atoms with Crippen LogP contribution in [0.4, 0.5) is 0 Å². The number of hydrogen-bond donors (Lipinski definition) is 1. The Morgan fingerprint density at radius 1 is 1.00 bits per heavy atom. The maximum Gasteiger partial charge on any atom is 0.0693 e. The monoisotopic (exact) mass is 200 g/mol. The van der Waals surface area contributed by atoms with Crippen molar-refractivity contribution in [1.82, 2.24) is 0 Å². The SMILES string of the molecule is CC[C@H](C)CCC(O)(C(C)C)C(C)C. The summed E-state index contributed by atoms with van der Waals surface area (Å²) >= 11 is 0. The number of hydrogen-bond acceptors (Lipinski definition) is 1. The molecule has 1 nitrogen and oxygen atoms in total. The highest BCUT2D eigenvalue weighted by Crippen LogP contribution is 2.32. The molecule has 0 aromatic rings. The van der Waals surface area contributed by atoms with Gasteiger partial charge in [0.05, 0.1) is 5.60 Å². The summed E-state index contributed by atoms with van der Waals surface area (Å²) in [5.74, 6) is 1.44. The molecule has 0 aliphatic heterocycles. The van der Waals surface area contributed by atoms with Crippen molar-refractivity contribution in [1.29, 1.82) is 0 Å². The number of rotatable bonds is 6. The molecule has 86 valence electrons. The fraction of sp³-hybridized carbons (Fsp3) is 1.00. The van der Waals surface area contributed by atoms with Gasteiger partial charge < -0.3 is 5.11 Å². The van der Waals surface area contributed by atoms with Gasteiger partial charge in [0.1, 0.15) is 0 Å². The van der Waals surface area contributed by atoms with Crippen LogP contribution >= 0.6 is 0 Å². The lowest BCUT2D eigenvalue weighted by Gasteiger charge is -2.37. The molecule has 0 spiro atoms. The molecule has 0 fully saturated rings. The highest BCUT2D eigenvalue weighted by molar-refractivity contribution is 4.85. The molecule has 0 heterocycles. The van der Waals surface area contributed by atoms with E-state index in [2.05, 4.69) is 41.5 Å². The van der Waals surface area contributed by atoms with Crippen LogP contribution in [0.25, 0.3) is 0 Å². The first-order valence-corrected chi connectivity index (χ1v) is 6.06. The minimum atomic E-state index is -0.469. The minimum Gasteiger partial charge on any atom is -0.389 e. The van der Waals surface area contributed by atoms with Crippen LogP contribution in [0.5, 0.6) is 0 Å². The molecule has 0 aliphatic rings. The van der Waals surface area contributed by atoms with E-state index in [9.17, 15) is 5.11 Å². The lowest BCUT2D eigenvalue weighted by Crippen LogP contribution is -2.40. The van der Waals surface area contributed by atoms with Crippen molar-refractivity contribution in [2.45, 2.75) is 66.4 Å². The molecule has 1 heteroatoms. The lowest BCUT2D eigenvalue weighted by atomic mass is 9.76. The Labute approximate surface area is 89.9 Å². The summed E-state index contributed by atoms with van der Waals surface area (Å²) in [6.07, 6.45) is 3.30. The lowest BCUT2D eigenvalue weighted by molar-refractivity contribution is -0.0577. The van der Waals surface area contributed by atoms with Crippen LogP contribution < -0.4 is 0 Å². The van der Waals surface area contributed by atoms with Crippen LogP contribution in [-0.2, 0) is 0 Å². The van der Waals surface area contributed by atoms with E-state index in [0.717, 1.165) is 18.8 Å². The molecule has 0 aromatic carbocycles. The first kappa shape index (κ1) is 14.0. The summed E-state index contributed by atoms with van der Waals surface area (Å²) in [5.41, 5.74) is -0.469. The zero-order valence-corrected chi connectivity index (χ0v) is 10.8. The third-order valence-electron chi connectivity index (χ3n) is 3.73. The first-order valence-electron chi connectivity index (χ1n) is 6.06. The van der Waals surface area contributed by atoms with E-state index in [0.29, 0.717) is 11.8 Å². The molecule has 0 saturated carbocycles. The van der Waals surface area contributed by atoms with Crippen LogP contribution in [0.2, 0.25) is 0 Å². The van der Waals surface area contributed by atoms with Gasteiger partial charge in [0, 0.05) is 0 Å². The van der Waals surface area contributed by atoms with E-state index in [-0.39, 0.29) is 0 Å². The Kier molecular flexibility index (Phi) is 5.73. The Bertz CT molecular complexity index is 141. The van der Waals surface area contributed by atoms with E-state index < -0.39 is 5.60 Å². The van der Waals surface area contributed by atoms with E-state index in [1.807, 2.05) is 0 Å². The van der Waals surface area contributed by atoms with Gasteiger partial charge in [-0.05, 0) is 30.6 Å². The van der Waals surface area contributed by atoms with Gasteiger partial charge >= 0.3 is 0 Å². The average molecular weight is 200 g/mol. The molecular weight excluding hydrogens is 172 g/mol. The summed E-state index contributed by atoms with van der Waals surface area (Å²) in [7, 11) is 0. The summed E-state index contributed by atoms with van der Waals surface area (Å²) in [6, 6.07) is 0. The Hall–Kier alpha value is -0.0400. The second-order valence-electron chi connectivity index (χ2n) is 5.35. The first-order chi connectivity index (χ1) is 6.34. The van der Waals surface area contributed by atoms with E-state index >= 15 is 0 Å². The maximum atomic E-state index is 10.5. The fourth-order valence-electron chi connectivity index (χ4n) is 1.93. The van der Waals surface area contributed by atoms with Crippen LogP contribution in [0.15, 0.2) is 0 Å². The van der Waals surface area contributed by atoms with Crippen molar-refractivity contribution in [3.8, 4) is 0 Å². The zero-order chi connectivity index (χ0) is 11.4. The highest BCUT2D eigenvalue weighted by atomic mass is 16.3. The van der Waals surface area contributed by atoms with Gasteiger partial charge in [-0.1, -0.05) is 48.0 Å². The molecule has 0 saturated heterocycles. The third kappa shape index (κ3) is 3.61. The van der Waals surface area contributed by atoms with Gasteiger partial charge in [0.2, 0.25) is 0 Å². The average Bonchev–Trinajstić information content (AvgIpc) is 2.12. The van der Waals surface area contributed by atoms with Gasteiger partial charge in [0.15, 0.2) is 0 Å². The molecule has 0 unspecified atom stereocenters. The van der Waals surface area contributed by atoms with Crippen molar-refractivity contribution in [2.75, 3.05) is 0 Å². The highest BCUT2D eigenvalue weighted by Gasteiger charge is 2.34. The smallest absolute Gasteiger partial charge is 0.0693 e. The second-order valence-corrected chi connectivity index (χ2v) is 5.35. The zero-order valence-electron chi connectivity index (χ0n) is 10.8. The normalized spacial score (nSPS) is 15.2. The quantitative estimate of drug-likeness (QED) is 0.690. The fourth-order valence-corrected chi connectivity index (χ4v) is 1.93. The predicted molar refractivity (Wildman–Crippen MR) is 63.3 cm³/mol. The van der Waals surface area contributed by atoms with Gasteiger partial charge in [-0.3, -0.25) is 0 Å². The molecule has 1 atom stereocenters. The van der Waals surface area contributed by atoms with Crippen molar-refractivity contribution in [2.24, 2.45) is 17.8 Å². The van der Waals surface area contributed by atoms with Gasteiger partial charge in [-0.15, -0.1) is 0 Å². The minimum absolute atomic E-state index is 0.353. The molecule has 0 amide bonds. The molecule has 14 heavy (non-hydrogen) atoms. The molecule has 0 bridgehead atoms. The summed E-state index contributed by atoms with van der Waals surface area (Å²) in [5, 5.41) is 10.5. The van der Waals surface area contributed by atoms with E-state index in [1.165, 1.54) is 6.42 Å². The number of aliphatic hydroxyl groups is 1. The van der Waals surface area contributed by atoms with Crippen LogP contribution in [0.1, 0.15) is 60.8 Å². The Morgan fingerprint density at radius 3 is 1.71 bits per heavy atom. The summed E-state index contributed by atoms with van der Waals surface area (Å²) in [4.78, 5) is 0. The molecule has 0 aromatic heterocycles. The van der Waals surface area contributed by atoms with Gasteiger partial charge in [-0.25, -0.2) is 0 Å². The molecule has 0 aliphatic carbocycles. The van der Waals surface area contributed by atoms with Crippen LogP contribution in [0.3, 0.4) is 0 Å². The summed E-state index contributed by atoms with van der Waals surface area (Å²) in [6.45, 7) is 13.0.